The molecule has 0 atom stereocenters. The third-order valence-electron chi connectivity index (χ3n) is 4.02. The van der Waals surface area contributed by atoms with Gasteiger partial charge in [-0.3, -0.25) is 4.99 Å². The normalized spacial score (nSPS) is 11.5. The van der Waals surface area contributed by atoms with Crippen LogP contribution in [0, 0.1) is 0 Å². The van der Waals surface area contributed by atoms with E-state index in [1.165, 1.54) is 11.1 Å². The van der Waals surface area contributed by atoms with E-state index in [0.717, 1.165) is 50.7 Å². The van der Waals surface area contributed by atoms with E-state index in [1.54, 1.807) is 13.4 Å². The van der Waals surface area contributed by atoms with Gasteiger partial charge in [-0.25, -0.2) is 0 Å². The summed E-state index contributed by atoms with van der Waals surface area (Å²) >= 11 is 0. The zero-order valence-corrected chi connectivity index (χ0v) is 14.9. The van der Waals surface area contributed by atoms with Gasteiger partial charge in [0.2, 0.25) is 0 Å². The van der Waals surface area contributed by atoms with Crippen molar-refractivity contribution in [3.63, 3.8) is 0 Å². The van der Waals surface area contributed by atoms with Crippen LogP contribution in [0.2, 0.25) is 0 Å². The average Bonchev–Trinajstić information content (AvgIpc) is 3.08. The molecule has 0 amide bonds. The van der Waals surface area contributed by atoms with Crippen LogP contribution in [-0.4, -0.2) is 40.9 Å². The van der Waals surface area contributed by atoms with Gasteiger partial charge in [-0.15, -0.1) is 10.2 Å². The van der Waals surface area contributed by atoms with Crippen LogP contribution in [0.1, 0.15) is 30.8 Å². The molecule has 0 bridgehead atoms. The average molecular weight is 328 g/mol. The molecule has 1 aromatic heterocycles. The summed E-state index contributed by atoms with van der Waals surface area (Å²) in [7, 11) is 1.79. The van der Waals surface area contributed by atoms with Crippen molar-refractivity contribution in [2.45, 2.75) is 39.7 Å². The number of nitrogens with zero attached hydrogens (tertiary/aromatic N) is 4. The first-order valence-electron chi connectivity index (χ1n) is 8.65. The minimum Gasteiger partial charge on any atom is -0.356 e. The summed E-state index contributed by atoms with van der Waals surface area (Å²) in [6, 6.07) is 8.81. The molecule has 1 aromatic carbocycles. The summed E-state index contributed by atoms with van der Waals surface area (Å²) < 4.78 is 2.07. The van der Waals surface area contributed by atoms with Crippen molar-refractivity contribution >= 4 is 5.96 Å². The Balaban J connectivity index is 1.70. The first-order valence-corrected chi connectivity index (χ1v) is 8.65. The van der Waals surface area contributed by atoms with Crippen molar-refractivity contribution < 1.29 is 0 Å². The molecule has 2 rings (SSSR count). The maximum absolute atomic E-state index is 4.26. The number of nitrogens with one attached hydrogen (secondary N) is 2. The van der Waals surface area contributed by atoms with E-state index in [9.17, 15) is 0 Å². The highest BCUT2D eigenvalue weighted by Gasteiger charge is 2.02. The monoisotopic (exact) mass is 328 g/mol. The van der Waals surface area contributed by atoms with Gasteiger partial charge >= 0.3 is 0 Å². The van der Waals surface area contributed by atoms with Gasteiger partial charge in [-0.05, 0) is 24.0 Å². The topological polar surface area (TPSA) is 67.1 Å². The SMILES string of the molecule is CCc1ccc(CCNC(=NC)NCCn2cnnc2CC)cc1. The smallest absolute Gasteiger partial charge is 0.191 e. The molecule has 0 spiro atoms. The van der Waals surface area contributed by atoms with E-state index in [0.29, 0.717) is 0 Å². The lowest BCUT2D eigenvalue weighted by Crippen LogP contribution is -2.39. The van der Waals surface area contributed by atoms with Crippen LogP contribution in [0.25, 0.3) is 0 Å². The van der Waals surface area contributed by atoms with Crippen LogP contribution in [-0.2, 0) is 25.8 Å². The Morgan fingerprint density at radius 2 is 1.75 bits per heavy atom. The largest absolute Gasteiger partial charge is 0.356 e. The fourth-order valence-electron chi connectivity index (χ4n) is 2.52. The van der Waals surface area contributed by atoms with Crippen LogP contribution in [0.15, 0.2) is 35.6 Å². The molecule has 0 aliphatic carbocycles. The van der Waals surface area contributed by atoms with E-state index in [4.69, 9.17) is 0 Å². The minimum absolute atomic E-state index is 0.788. The van der Waals surface area contributed by atoms with Gasteiger partial charge in [0, 0.05) is 33.1 Å². The number of aryl methyl sites for hydroxylation is 2. The van der Waals surface area contributed by atoms with Gasteiger partial charge in [0.15, 0.2) is 5.96 Å². The van der Waals surface area contributed by atoms with Gasteiger partial charge < -0.3 is 15.2 Å². The van der Waals surface area contributed by atoms with E-state index < -0.39 is 0 Å². The van der Waals surface area contributed by atoms with Crippen molar-refractivity contribution in [1.82, 2.24) is 25.4 Å². The fourth-order valence-corrected chi connectivity index (χ4v) is 2.52. The lowest BCUT2D eigenvalue weighted by atomic mass is 10.1. The molecule has 2 N–H and O–H groups in total. The first-order chi connectivity index (χ1) is 11.8. The molecule has 24 heavy (non-hydrogen) atoms. The maximum atomic E-state index is 4.26. The molecule has 0 aliphatic rings. The van der Waals surface area contributed by atoms with Crippen molar-refractivity contribution in [2.24, 2.45) is 4.99 Å². The van der Waals surface area contributed by atoms with E-state index in [2.05, 4.69) is 68.5 Å². The highest BCUT2D eigenvalue weighted by Crippen LogP contribution is 2.05. The quantitative estimate of drug-likeness (QED) is 0.573. The molecule has 0 saturated heterocycles. The summed E-state index contributed by atoms with van der Waals surface area (Å²) in [4.78, 5) is 4.26. The molecule has 0 saturated carbocycles. The van der Waals surface area contributed by atoms with Crippen molar-refractivity contribution in [3.8, 4) is 0 Å². The number of rotatable bonds is 8. The number of guanidine groups is 1. The third-order valence-corrected chi connectivity index (χ3v) is 4.02. The molecule has 1 heterocycles. The zero-order valence-electron chi connectivity index (χ0n) is 14.9. The minimum atomic E-state index is 0.788. The lowest BCUT2D eigenvalue weighted by Gasteiger charge is -2.12. The molecule has 2 aromatic rings. The number of hydrogen-bond acceptors (Lipinski definition) is 3. The van der Waals surface area contributed by atoms with Crippen LogP contribution in [0.4, 0.5) is 0 Å². The van der Waals surface area contributed by atoms with Gasteiger partial charge in [0.05, 0.1) is 0 Å². The Bertz CT molecular complexity index is 629. The zero-order chi connectivity index (χ0) is 17.2. The molecule has 0 radical (unpaired) electrons. The summed E-state index contributed by atoms with van der Waals surface area (Å²) in [5.74, 6) is 1.83. The van der Waals surface area contributed by atoms with E-state index in [-0.39, 0.29) is 0 Å². The number of aromatic nitrogens is 3. The first kappa shape index (κ1) is 18.0. The van der Waals surface area contributed by atoms with Crippen LogP contribution in [0.5, 0.6) is 0 Å². The van der Waals surface area contributed by atoms with Crippen molar-refractivity contribution in [2.75, 3.05) is 20.1 Å². The highest BCUT2D eigenvalue weighted by molar-refractivity contribution is 5.79. The number of benzene rings is 1. The second-order valence-corrected chi connectivity index (χ2v) is 5.64. The van der Waals surface area contributed by atoms with Gasteiger partial charge in [-0.1, -0.05) is 38.1 Å². The Morgan fingerprint density at radius 1 is 1.04 bits per heavy atom. The van der Waals surface area contributed by atoms with Crippen LogP contribution in [0.3, 0.4) is 0 Å². The fraction of sp³-hybridized carbons (Fsp3) is 0.500. The Labute approximate surface area is 144 Å². The van der Waals surface area contributed by atoms with E-state index >= 15 is 0 Å². The maximum Gasteiger partial charge on any atom is 0.191 e. The standard InChI is InChI=1S/C18H28N6/c1-4-15-6-8-16(9-7-15)10-11-20-18(19-3)21-12-13-24-14-22-23-17(24)5-2/h6-9,14H,4-5,10-13H2,1-3H3,(H2,19,20,21). The highest BCUT2D eigenvalue weighted by atomic mass is 15.3. The second-order valence-electron chi connectivity index (χ2n) is 5.64. The third kappa shape index (κ3) is 5.37. The van der Waals surface area contributed by atoms with Crippen molar-refractivity contribution in [1.29, 1.82) is 0 Å². The Kier molecular flexibility index (Phi) is 7.26. The molecular formula is C18H28N6. The molecule has 6 heteroatoms. The van der Waals surface area contributed by atoms with Gasteiger partial charge in [0.1, 0.15) is 12.2 Å². The molecule has 0 unspecified atom stereocenters. The number of aliphatic imine (C=N–C) groups is 1. The molecule has 130 valence electrons. The summed E-state index contributed by atoms with van der Waals surface area (Å²) in [6.07, 6.45) is 4.73. The summed E-state index contributed by atoms with van der Waals surface area (Å²) in [6.45, 7) is 6.74. The summed E-state index contributed by atoms with van der Waals surface area (Å²) in [5.41, 5.74) is 2.72. The van der Waals surface area contributed by atoms with Crippen molar-refractivity contribution in [3.05, 3.63) is 47.5 Å². The molecule has 6 nitrogen and oxygen atoms in total. The lowest BCUT2D eigenvalue weighted by molar-refractivity contribution is 0.632. The van der Waals surface area contributed by atoms with Gasteiger partial charge in [-0.2, -0.15) is 0 Å². The van der Waals surface area contributed by atoms with Crippen LogP contribution < -0.4 is 10.6 Å². The Hall–Kier alpha value is -2.37. The Morgan fingerprint density at radius 3 is 2.42 bits per heavy atom. The molecule has 0 aliphatic heterocycles. The van der Waals surface area contributed by atoms with Crippen LogP contribution >= 0.6 is 0 Å². The summed E-state index contributed by atoms with van der Waals surface area (Å²) in [5, 5.41) is 14.7. The predicted octanol–water partition coefficient (Wildman–Crippen LogP) is 1.81. The predicted molar refractivity (Wildman–Crippen MR) is 98.3 cm³/mol. The second kappa shape index (κ2) is 9.70. The molecular weight excluding hydrogens is 300 g/mol. The van der Waals surface area contributed by atoms with Gasteiger partial charge in [0.25, 0.3) is 0 Å². The van der Waals surface area contributed by atoms with E-state index in [1.807, 2.05) is 0 Å². The molecule has 0 fully saturated rings. The number of hydrogen-bond donors (Lipinski definition) is 2.